The van der Waals surface area contributed by atoms with Crippen LogP contribution in [0.1, 0.15) is 56.0 Å². The van der Waals surface area contributed by atoms with Crippen LogP contribution >= 0.6 is 15.9 Å². The number of carbonyl (C=O) groups excluding carboxylic acids is 3. The van der Waals surface area contributed by atoms with E-state index in [0.29, 0.717) is 30.3 Å². The van der Waals surface area contributed by atoms with Gasteiger partial charge in [0.1, 0.15) is 36.7 Å². The maximum Gasteiger partial charge on any atom is 0.410 e. The zero-order valence-electron chi connectivity index (χ0n) is 23.8. The van der Waals surface area contributed by atoms with Crippen molar-refractivity contribution >= 4 is 40.0 Å². The molecule has 0 unspecified atom stereocenters. The van der Waals surface area contributed by atoms with Crippen molar-refractivity contribution < 1.29 is 38.5 Å². The summed E-state index contributed by atoms with van der Waals surface area (Å²) in [6.07, 6.45) is 0.523. The van der Waals surface area contributed by atoms with Crippen LogP contribution < -0.4 is 15.4 Å². The highest BCUT2D eigenvalue weighted by atomic mass is 79.9. The number of carboxylic acids is 1. The number of rotatable bonds is 14. The monoisotopic (exact) mass is 635 g/mol. The van der Waals surface area contributed by atoms with Crippen molar-refractivity contribution in [3.63, 3.8) is 0 Å². The molecule has 1 atom stereocenters. The highest BCUT2D eigenvalue weighted by molar-refractivity contribution is 9.10. The normalized spacial score (nSPS) is 11.6. The molecule has 0 bridgehead atoms. The number of carbonyl (C=O) groups is 4. The number of unbranched alkanes of at least 4 members (excludes halogenated alkanes) is 1. The first-order valence-electron chi connectivity index (χ1n) is 13.2. The quantitative estimate of drug-likeness (QED) is 0.247. The van der Waals surface area contributed by atoms with Crippen LogP contribution in [0.2, 0.25) is 0 Å². The van der Waals surface area contributed by atoms with E-state index in [4.69, 9.17) is 14.2 Å². The van der Waals surface area contributed by atoms with Gasteiger partial charge in [0.2, 0.25) is 5.91 Å². The molecule has 0 radical (unpaired) electrons. The fraction of sp³-hybridized carbons (Fsp3) is 0.448. The second-order valence-corrected chi connectivity index (χ2v) is 11.3. The van der Waals surface area contributed by atoms with Gasteiger partial charge >= 0.3 is 18.2 Å². The number of alkyl carbamates (subject to hydrolysis) is 1. The minimum absolute atomic E-state index is 0.00876. The molecular weight excluding hydrogens is 598 g/mol. The second kappa shape index (κ2) is 16.5. The number of benzene rings is 2. The average Bonchev–Trinajstić information content (AvgIpc) is 2.89. The van der Waals surface area contributed by atoms with Gasteiger partial charge in [0.05, 0.1) is 6.04 Å². The van der Waals surface area contributed by atoms with Crippen molar-refractivity contribution in [2.24, 2.45) is 0 Å². The Bertz CT molecular complexity index is 1170. The molecule has 2 rings (SSSR count). The standard InChI is InChI=1S/C29H38BrN3O8/c1-29(2,3)41-28(38)33(4)17-25(34)32-22(19-39-24-16-21(30)13-14-23(24)26(35)36)12-8-9-15-31-27(37)40-18-20-10-6-5-7-11-20/h5-7,10-11,13-14,16,22H,8-9,12,15,17-19H2,1-4H3,(H,31,37)(H,32,34)(H,35,36)/t22-/m0/s1. The van der Waals surface area contributed by atoms with E-state index >= 15 is 0 Å². The van der Waals surface area contributed by atoms with Crippen LogP contribution in [0.3, 0.4) is 0 Å². The summed E-state index contributed by atoms with van der Waals surface area (Å²) in [4.78, 5) is 49.7. The molecule has 0 saturated carbocycles. The van der Waals surface area contributed by atoms with Crippen molar-refractivity contribution in [3.05, 3.63) is 64.1 Å². The lowest BCUT2D eigenvalue weighted by atomic mass is 10.1. The van der Waals surface area contributed by atoms with Gasteiger partial charge in [0, 0.05) is 18.1 Å². The van der Waals surface area contributed by atoms with Crippen molar-refractivity contribution in [1.29, 1.82) is 0 Å². The largest absolute Gasteiger partial charge is 0.491 e. The zero-order valence-corrected chi connectivity index (χ0v) is 25.4. The Morgan fingerprint density at radius 2 is 1.76 bits per heavy atom. The molecule has 0 aliphatic heterocycles. The maximum absolute atomic E-state index is 12.8. The predicted molar refractivity (Wildman–Crippen MR) is 156 cm³/mol. The molecule has 3 N–H and O–H groups in total. The van der Waals surface area contributed by atoms with E-state index in [1.165, 1.54) is 18.0 Å². The number of ether oxygens (including phenoxy) is 3. The molecule has 0 aromatic heterocycles. The third kappa shape index (κ3) is 13.4. The highest BCUT2D eigenvalue weighted by Gasteiger charge is 2.23. The number of hydrogen-bond acceptors (Lipinski definition) is 7. The Morgan fingerprint density at radius 1 is 1.05 bits per heavy atom. The molecular formula is C29H38BrN3O8. The topological polar surface area (TPSA) is 144 Å². The number of amides is 3. The number of halogens is 1. The van der Waals surface area contributed by atoms with Gasteiger partial charge in [-0.1, -0.05) is 46.3 Å². The molecule has 2 aromatic carbocycles. The molecule has 0 saturated heterocycles. The third-order valence-corrected chi connectivity index (χ3v) is 6.02. The number of likely N-dealkylation sites (N-methyl/N-ethyl adjacent to an activating group) is 1. The summed E-state index contributed by atoms with van der Waals surface area (Å²) in [6.45, 7) is 5.49. The van der Waals surface area contributed by atoms with Crippen LogP contribution in [0.4, 0.5) is 9.59 Å². The average molecular weight is 637 g/mol. The summed E-state index contributed by atoms with van der Waals surface area (Å²) in [6, 6.07) is 13.4. The van der Waals surface area contributed by atoms with Gasteiger partial charge in [-0.15, -0.1) is 0 Å². The van der Waals surface area contributed by atoms with Crippen LogP contribution in [-0.2, 0) is 20.9 Å². The molecule has 12 heteroatoms. The molecule has 0 aliphatic carbocycles. The van der Waals surface area contributed by atoms with Gasteiger partial charge in [-0.05, 0) is 63.8 Å². The van der Waals surface area contributed by atoms with Crippen LogP contribution in [0, 0.1) is 0 Å². The van der Waals surface area contributed by atoms with Gasteiger partial charge in [0.15, 0.2) is 0 Å². The minimum atomic E-state index is -1.14. The maximum atomic E-state index is 12.8. The molecule has 0 aliphatic rings. The first kappa shape index (κ1) is 33.4. The van der Waals surface area contributed by atoms with Crippen molar-refractivity contribution in [2.75, 3.05) is 26.7 Å². The van der Waals surface area contributed by atoms with E-state index in [0.717, 1.165) is 5.56 Å². The minimum Gasteiger partial charge on any atom is -0.491 e. The lowest BCUT2D eigenvalue weighted by Crippen LogP contribution is -2.46. The number of aromatic carboxylic acids is 1. The molecule has 0 fully saturated rings. The third-order valence-electron chi connectivity index (χ3n) is 5.53. The van der Waals surface area contributed by atoms with Crippen molar-refractivity contribution in [1.82, 2.24) is 15.5 Å². The Kier molecular flexibility index (Phi) is 13.4. The lowest BCUT2D eigenvalue weighted by Gasteiger charge is -2.25. The fourth-order valence-electron chi connectivity index (χ4n) is 3.55. The Morgan fingerprint density at radius 3 is 2.41 bits per heavy atom. The summed E-state index contributed by atoms with van der Waals surface area (Å²) < 4.78 is 16.9. The summed E-state index contributed by atoms with van der Waals surface area (Å²) in [5.74, 6) is -1.42. The van der Waals surface area contributed by atoms with Gasteiger partial charge in [-0.3, -0.25) is 4.79 Å². The van der Waals surface area contributed by atoms with Crippen LogP contribution in [0.25, 0.3) is 0 Å². The van der Waals surface area contributed by atoms with Gasteiger partial charge < -0.3 is 34.9 Å². The summed E-state index contributed by atoms with van der Waals surface area (Å²) in [5.41, 5.74) is 0.169. The molecule has 41 heavy (non-hydrogen) atoms. The second-order valence-electron chi connectivity index (χ2n) is 10.3. The first-order chi connectivity index (χ1) is 19.3. The summed E-state index contributed by atoms with van der Waals surface area (Å²) in [5, 5.41) is 15.0. The van der Waals surface area contributed by atoms with Crippen LogP contribution in [-0.4, -0.2) is 72.5 Å². The van der Waals surface area contributed by atoms with E-state index < -0.39 is 35.7 Å². The number of nitrogens with zero attached hydrogens (tertiary/aromatic N) is 1. The molecule has 0 spiro atoms. The molecule has 2 aromatic rings. The Hall–Kier alpha value is -3.80. The number of carboxylic acid groups (broad SMARTS) is 1. The van der Waals surface area contributed by atoms with Crippen molar-refractivity contribution in [3.8, 4) is 5.75 Å². The molecule has 3 amide bonds. The highest BCUT2D eigenvalue weighted by Crippen LogP contribution is 2.24. The van der Waals surface area contributed by atoms with E-state index in [1.54, 1.807) is 32.9 Å². The summed E-state index contributed by atoms with van der Waals surface area (Å²) >= 11 is 3.31. The van der Waals surface area contributed by atoms with E-state index in [-0.39, 0.29) is 31.1 Å². The summed E-state index contributed by atoms with van der Waals surface area (Å²) in [7, 11) is 1.46. The first-order valence-corrected chi connectivity index (χ1v) is 14.0. The smallest absolute Gasteiger partial charge is 0.410 e. The molecule has 0 heterocycles. The number of hydrogen-bond donors (Lipinski definition) is 3. The Labute approximate surface area is 248 Å². The van der Waals surface area contributed by atoms with Crippen LogP contribution in [0.5, 0.6) is 5.75 Å². The number of nitrogens with one attached hydrogen (secondary N) is 2. The van der Waals surface area contributed by atoms with Gasteiger partial charge in [0.25, 0.3) is 0 Å². The molecule has 224 valence electrons. The van der Waals surface area contributed by atoms with E-state index in [1.807, 2.05) is 30.3 Å². The SMILES string of the molecule is CN(CC(=O)N[C@@H](CCCCNC(=O)OCc1ccccc1)COc1cc(Br)ccc1C(=O)O)C(=O)OC(C)(C)C. The van der Waals surface area contributed by atoms with Crippen LogP contribution in [0.15, 0.2) is 53.0 Å². The molecule has 11 nitrogen and oxygen atoms in total. The van der Waals surface area contributed by atoms with Gasteiger partial charge in [-0.2, -0.15) is 0 Å². The fourth-order valence-corrected chi connectivity index (χ4v) is 3.89. The Balaban J connectivity index is 1.91. The lowest BCUT2D eigenvalue weighted by molar-refractivity contribution is -0.123. The zero-order chi connectivity index (χ0) is 30.4. The predicted octanol–water partition coefficient (Wildman–Crippen LogP) is 4.97. The van der Waals surface area contributed by atoms with Gasteiger partial charge in [-0.25, -0.2) is 14.4 Å². The van der Waals surface area contributed by atoms with E-state index in [9.17, 15) is 24.3 Å². The van der Waals surface area contributed by atoms with E-state index in [2.05, 4.69) is 26.6 Å². The van der Waals surface area contributed by atoms with Crippen molar-refractivity contribution in [2.45, 2.75) is 58.3 Å².